The predicted molar refractivity (Wildman–Crippen MR) is 184 cm³/mol. The van der Waals surface area contributed by atoms with E-state index in [0.29, 0.717) is 0 Å². The van der Waals surface area contributed by atoms with Crippen molar-refractivity contribution in [3.8, 4) is 0 Å². The summed E-state index contributed by atoms with van der Waals surface area (Å²) in [4.78, 5) is 0. The van der Waals surface area contributed by atoms with Crippen LogP contribution in [0.1, 0.15) is 193 Å². The SMILES string of the molecule is C1CCCCC(C2CCCCCCCP2)CCC1.CCCC1CCCCCCPC1C1CCCCCCCC1. The number of hydrogen-bond donors (Lipinski definition) is 0. The van der Waals surface area contributed by atoms with Crippen molar-refractivity contribution in [3.05, 3.63) is 0 Å². The third-order valence-corrected chi connectivity index (χ3v) is 15.0. The van der Waals surface area contributed by atoms with Crippen molar-refractivity contribution < 1.29 is 0 Å². The van der Waals surface area contributed by atoms with Crippen LogP contribution in [-0.2, 0) is 0 Å². The normalized spacial score (nSPS) is 32.1. The molecule has 0 spiro atoms. The molecule has 0 nitrogen and oxygen atoms in total. The highest BCUT2D eigenvalue weighted by atomic mass is 31.1. The van der Waals surface area contributed by atoms with Crippen molar-refractivity contribution in [2.75, 3.05) is 12.3 Å². The van der Waals surface area contributed by atoms with E-state index >= 15 is 0 Å². The summed E-state index contributed by atoms with van der Waals surface area (Å²) in [5, 5.41) is 0. The first-order valence-electron chi connectivity index (χ1n) is 18.8. The molecule has 0 aromatic carbocycles. The van der Waals surface area contributed by atoms with E-state index in [1.165, 1.54) is 165 Å². The van der Waals surface area contributed by atoms with Gasteiger partial charge in [0.05, 0.1) is 0 Å². The van der Waals surface area contributed by atoms with Crippen LogP contribution < -0.4 is 0 Å². The van der Waals surface area contributed by atoms with Crippen molar-refractivity contribution in [3.63, 3.8) is 0 Å². The fourth-order valence-electron chi connectivity index (χ4n) is 8.65. The second kappa shape index (κ2) is 23.3. The van der Waals surface area contributed by atoms with E-state index < -0.39 is 0 Å². The topological polar surface area (TPSA) is 0 Å². The minimum atomic E-state index is 1.08. The summed E-state index contributed by atoms with van der Waals surface area (Å²) < 4.78 is 0. The molecule has 39 heavy (non-hydrogen) atoms. The molecule has 2 heteroatoms. The molecule has 0 aromatic rings. The molecular weight excluding hydrogens is 506 g/mol. The quantitative estimate of drug-likeness (QED) is 0.291. The number of hydrogen-bond acceptors (Lipinski definition) is 0. The van der Waals surface area contributed by atoms with Crippen LogP contribution in [0.15, 0.2) is 0 Å². The zero-order valence-corrected chi connectivity index (χ0v) is 28.8. The summed E-state index contributed by atoms with van der Waals surface area (Å²) in [7, 11) is 2.59. The molecule has 4 rings (SSSR count). The summed E-state index contributed by atoms with van der Waals surface area (Å²) in [6.07, 6.45) is 47.4. The van der Waals surface area contributed by atoms with Crippen molar-refractivity contribution in [2.24, 2.45) is 17.8 Å². The van der Waals surface area contributed by atoms with Gasteiger partial charge < -0.3 is 0 Å². The van der Waals surface area contributed by atoms with Gasteiger partial charge in [-0.3, -0.25) is 0 Å². The van der Waals surface area contributed by atoms with Crippen molar-refractivity contribution >= 4 is 17.2 Å². The Hall–Kier alpha value is 0.860. The summed E-state index contributed by atoms with van der Waals surface area (Å²) >= 11 is 0. The van der Waals surface area contributed by atoms with E-state index in [4.69, 9.17) is 0 Å². The molecule has 2 aliphatic carbocycles. The molecule has 0 bridgehead atoms. The molecule has 4 aliphatic rings. The van der Waals surface area contributed by atoms with Crippen LogP contribution >= 0.6 is 17.2 Å². The largest absolute Gasteiger partial charge is 0.119 e. The van der Waals surface area contributed by atoms with E-state index in [0.717, 1.165) is 29.1 Å². The van der Waals surface area contributed by atoms with Gasteiger partial charge >= 0.3 is 0 Å². The predicted octanol–water partition coefficient (Wildman–Crippen LogP) is 13.3. The van der Waals surface area contributed by atoms with Gasteiger partial charge in [0, 0.05) is 0 Å². The lowest BCUT2D eigenvalue weighted by Gasteiger charge is -2.34. The maximum atomic E-state index is 2.41. The second-order valence-electron chi connectivity index (χ2n) is 14.3. The van der Waals surface area contributed by atoms with Crippen LogP contribution in [0.25, 0.3) is 0 Å². The third-order valence-electron chi connectivity index (χ3n) is 11.0. The Bertz CT molecular complexity index is 496. The highest BCUT2D eigenvalue weighted by Gasteiger charge is 2.29. The standard InChI is InChI=1S/C20H39P.C17H33P/c1-2-13-18-14-11-7-8-12-17-21-20(18)19-15-9-5-3-4-6-10-16-19;1-2-5-9-13-16(12-8-4-1)17-14-10-6-3-7-11-15-18-17/h18-21H,2-17H2,1H3;16-18H,1-15H2. The van der Waals surface area contributed by atoms with Crippen LogP contribution in [-0.4, -0.2) is 23.6 Å². The smallest absolute Gasteiger partial charge is 0.0180 e. The van der Waals surface area contributed by atoms with Gasteiger partial charge in [0.15, 0.2) is 0 Å². The van der Waals surface area contributed by atoms with Gasteiger partial charge in [0.25, 0.3) is 0 Å². The van der Waals surface area contributed by atoms with Gasteiger partial charge in [0.2, 0.25) is 0 Å². The van der Waals surface area contributed by atoms with E-state index in [1.54, 1.807) is 50.8 Å². The summed E-state index contributed by atoms with van der Waals surface area (Å²) in [6, 6.07) is 0. The molecular formula is C37H72P2. The highest BCUT2D eigenvalue weighted by molar-refractivity contribution is 7.39. The minimum absolute atomic E-state index is 1.08. The molecule has 0 N–H and O–H groups in total. The fraction of sp³-hybridized carbons (Fsp3) is 1.00. The van der Waals surface area contributed by atoms with E-state index in [9.17, 15) is 0 Å². The maximum absolute atomic E-state index is 2.41. The maximum Gasteiger partial charge on any atom is -0.0180 e. The first-order chi connectivity index (χ1) is 19.4. The van der Waals surface area contributed by atoms with Crippen LogP contribution in [0.3, 0.4) is 0 Å². The molecule has 230 valence electrons. The summed E-state index contributed by atoms with van der Waals surface area (Å²) in [6.45, 7) is 2.41. The Morgan fingerprint density at radius 2 is 0.821 bits per heavy atom. The van der Waals surface area contributed by atoms with Crippen molar-refractivity contribution in [1.82, 2.24) is 0 Å². The Kier molecular flexibility index (Phi) is 20.6. The lowest BCUT2D eigenvalue weighted by atomic mass is 9.82. The second-order valence-corrected chi connectivity index (χ2v) is 17.5. The van der Waals surface area contributed by atoms with Gasteiger partial charge in [-0.25, -0.2) is 0 Å². The molecule has 5 unspecified atom stereocenters. The number of rotatable bonds is 4. The lowest BCUT2D eigenvalue weighted by Crippen LogP contribution is -2.26. The highest BCUT2D eigenvalue weighted by Crippen LogP contribution is 2.43. The average Bonchev–Trinajstić information content (AvgIpc) is 3.30. The van der Waals surface area contributed by atoms with Gasteiger partial charge in [0.1, 0.15) is 0 Å². The van der Waals surface area contributed by atoms with Gasteiger partial charge in [-0.05, 0) is 92.8 Å². The van der Waals surface area contributed by atoms with E-state index in [2.05, 4.69) is 6.92 Å². The fourth-order valence-corrected chi connectivity index (χ4v) is 12.7. The zero-order chi connectivity index (χ0) is 27.2. The van der Waals surface area contributed by atoms with Crippen LogP contribution in [0.2, 0.25) is 0 Å². The van der Waals surface area contributed by atoms with Crippen molar-refractivity contribution in [1.29, 1.82) is 0 Å². The summed E-state index contributed by atoms with van der Waals surface area (Å²) in [5.41, 5.74) is 2.24. The van der Waals surface area contributed by atoms with Gasteiger partial charge in [-0.2, -0.15) is 0 Å². The molecule has 2 heterocycles. The van der Waals surface area contributed by atoms with Crippen LogP contribution in [0.4, 0.5) is 0 Å². The zero-order valence-electron chi connectivity index (χ0n) is 26.8. The average molecular weight is 579 g/mol. The molecule has 0 aromatic heterocycles. The first-order valence-corrected chi connectivity index (χ1v) is 21.4. The Morgan fingerprint density at radius 3 is 1.36 bits per heavy atom. The molecule has 4 fully saturated rings. The molecule has 5 atom stereocenters. The van der Waals surface area contributed by atoms with Gasteiger partial charge in [-0.15, -0.1) is 17.2 Å². The van der Waals surface area contributed by atoms with Gasteiger partial charge in [-0.1, -0.05) is 142 Å². The Balaban J connectivity index is 0.000000218. The van der Waals surface area contributed by atoms with Crippen LogP contribution in [0, 0.1) is 17.8 Å². The summed E-state index contributed by atoms with van der Waals surface area (Å²) in [5.74, 6) is 3.29. The van der Waals surface area contributed by atoms with Crippen molar-refractivity contribution in [2.45, 2.75) is 204 Å². The third kappa shape index (κ3) is 15.2. The lowest BCUT2D eigenvalue weighted by molar-refractivity contribution is 0.304. The monoisotopic (exact) mass is 579 g/mol. The molecule has 0 amide bonds. The van der Waals surface area contributed by atoms with E-state index in [-0.39, 0.29) is 0 Å². The van der Waals surface area contributed by atoms with E-state index in [1.807, 2.05) is 0 Å². The molecule has 2 saturated heterocycles. The molecule has 0 radical (unpaired) electrons. The Labute approximate surface area is 251 Å². The first kappa shape index (κ1) is 34.4. The minimum Gasteiger partial charge on any atom is -0.119 e. The Morgan fingerprint density at radius 1 is 0.410 bits per heavy atom. The molecule has 2 saturated carbocycles. The molecule has 2 aliphatic heterocycles. The van der Waals surface area contributed by atoms with Crippen LogP contribution in [0.5, 0.6) is 0 Å².